The van der Waals surface area contributed by atoms with Gasteiger partial charge in [-0.15, -0.1) is 0 Å². The van der Waals surface area contributed by atoms with Crippen LogP contribution in [0.15, 0.2) is 0 Å². The molecule has 8 heavy (non-hydrogen) atoms. The van der Waals surface area contributed by atoms with E-state index in [4.69, 9.17) is 10.5 Å². The molecule has 2 nitrogen and oxygen atoms in total. The van der Waals surface area contributed by atoms with Crippen molar-refractivity contribution in [2.75, 3.05) is 6.61 Å². The number of ether oxygens (including phenoxy) is 1. The lowest BCUT2D eigenvalue weighted by molar-refractivity contribution is 0.0133. The summed E-state index contributed by atoms with van der Waals surface area (Å²) in [7, 11) is 0. The highest BCUT2D eigenvalue weighted by Gasteiger charge is 2.42. The summed E-state index contributed by atoms with van der Waals surface area (Å²) >= 11 is 0. The molecule has 1 aliphatic heterocycles. The van der Waals surface area contributed by atoms with Gasteiger partial charge in [0.05, 0.1) is 6.10 Å². The third-order valence-corrected chi connectivity index (χ3v) is 2.26. The molecule has 2 rings (SSSR count). The van der Waals surface area contributed by atoms with Crippen LogP contribution in [0.25, 0.3) is 0 Å². The molecule has 3 atom stereocenters. The molecule has 2 heteroatoms. The molecule has 2 N–H and O–H groups in total. The van der Waals surface area contributed by atoms with Gasteiger partial charge in [0.25, 0.3) is 0 Å². The molecule has 1 saturated carbocycles. The van der Waals surface area contributed by atoms with Crippen molar-refractivity contribution in [3.63, 3.8) is 0 Å². The molecule has 0 unspecified atom stereocenters. The van der Waals surface area contributed by atoms with E-state index in [1.807, 2.05) is 0 Å². The molecule has 0 amide bonds. The van der Waals surface area contributed by atoms with Crippen molar-refractivity contribution in [1.82, 2.24) is 0 Å². The third-order valence-electron chi connectivity index (χ3n) is 2.26. The standard InChI is InChI=1S/C6H11NO/c7-5-3-4-1-2-8-6(4)5/h4-6H,1-3,7H2/t4-,5-,6-/m0/s1. The van der Waals surface area contributed by atoms with Crippen molar-refractivity contribution < 1.29 is 4.74 Å². The van der Waals surface area contributed by atoms with Crippen LogP contribution in [0.2, 0.25) is 0 Å². The minimum Gasteiger partial charge on any atom is -0.376 e. The molecule has 0 aromatic rings. The van der Waals surface area contributed by atoms with Gasteiger partial charge in [-0.1, -0.05) is 0 Å². The maximum absolute atomic E-state index is 5.64. The minimum atomic E-state index is 0.363. The highest BCUT2D eigenvalue weighted by molar-refractivity contribution is 4.96. The van der Waals surface area contributed by atoms with Gasteiger partial charge in [0, 0.05) is 12.6 Å². The van der Waals surface area contributed by atoms with E-state index in [-0.39, 0.29) is 0 Å². The lowest BCUT2D eigenvalue weighted by Crippen LogP contribution is -2.49. The number of nitrogens with two attached hydrogens (primary N) is 1. The van der Waals surface area contributed by atoms with Gasteiger partial charge >= 0.3 is 0 Å². The largest absolute Gasteiger partial charge is 0.376 e. The van der Waals surface area contributed by atoms with Gasteiger partial charge in [0.2, 0.25) is 0 Å². The quantitative estimate of drug-likeness (QED) is 0.484. The predicted octanol–water partition coefficient (Wildman–Crippen LogP) is 0.122. The maximum Gasteiger partial charge on any atom is 0.0755 e. The second kappa shape index (κ2) is 1.45. The van der Waals surface area contributed by atoms with Crippen LogP contribution in [-0.4, -0.2) is 18.8 Å². The molecule has 0 aromatic carbocycles. The van der Waals surface area contributed by atoms with Gasteiger partial charge < -0.3 is 10.5 Å². The first-order chi connectivity index (χ1) is 3.88. The van der Waals surface area contributed by atoms with Crippen LogP contribution in [0.3, 0.4) is 0 Å². The van der Waals surface area contributed by atoms with Gasteiger partial charge in [-0.2, -0.15) is 0 Å². The number of hydrogen-bond acceptors (Lipinski definition) is 2. The molecule has 2 aliphatic rings. The van der Waals surface area contributed by atoms with Gasteiger partial charge in [-0.05, 0) is 18.8 Å². The van der Waals surface area contributed by atoms with Crippen molar-refractivity contribution in [1.29, 1.82) is 0 Å². The summed E-state index contributed by atoms with van der Waals surface area (Å²) < 4.78 is 5.34. The smallest absolute Gasteiger partial charge is 0.0755 e. The first kappa shape index (κ1) is 4.77. The van der Waals surface area contributed by atoms with Crippen LogP contribution >= 0.6 is 0 Å². The summed E-state index contributed by atoms with van der Waals surface area (Å²) in [6.07, 6.45) is 2.89. The molecule has 1 heterocycles. The summed E-state index contributed by atoms with van der Waals surface area (Å²) in [5.41, 5.74) is 5.64. The second-order valence-corrected chi connectivity index (χ2v) is 2.78. The van der Waals surface area contributed by atoms with Gasteiger partial charge in [0.15, 0.2) is 0 Å². The Bertz CT molecular complexity index is 105. The molecule has 0 aromatic heterocycles. The third kappa shape index (κ3) is 0.446. The topological polar surface area (TPSA) is 35.2 Å². The molecule has 1 saturated heterocycles. The normalized spacial score (nSPS) is 52.9. The van der Waals surface area contributed by atoms with E-state index in [1.54, 1.807) is 0 Å². The van der Waals surface area contributed by atoms with Gasteiger partial charge in [0.1, 0.15) is 0 Å². The fourth-order valence-electron chi connectivity index (χ4n) is 1.67. The molecular formula is C6H11NO. The van der Waals surface area contributed by atoms with Crippen LogP contribution in [0.1, 0.15) is 12.8 Å². The molecule has 46 valence electrons. The highest BCUT2D eigenvalue weighted by Crippen LogP contribution is 2.36. The zero-order valence-corrected chi connectivity index (χ0v) is 4.84. The molecule has 2 fully saturated rings. The Hall–Kier alpha value is -0.0800. The second-order valence-electron chi connectivity index (χ2n) is 2.78. The van der Waals surface area contributed by atoms with Gasteiger partial charge in [-0.3, -0.25) is 0 Å². The van der Waals surface area contributed by atoms with E-state index in [1.165, 1.54) is 12.8 Å². The lowest BCUT2D eigenvalue weighted by Gasteiger charge is -2.35. The predicted molar refractivity (Wildman–Crippen MR) is 30.4 cm³/mol. The van der Waals surface area contributed by atoms with E-state index in [0.29, 0.717) is 12.1 Å². The SMILES string of the molecule is N[C@H]1C[C@@H]2CCO[C@@H]21. The first-order valence-electron chi connectivity index (χ1n) is 3.25. The molecule has 0 bridgehead atoms. The minimum absolute atomic E-state index is 0.363. The average Bonchev–Trinajstić information content (AvgIpc) is 2.09. The van der Waals surface area contributed by atoms with E-state index in [2.05, 4.69) is 0 Å². The van der Waals surface area contributed by atoms with E-state index in [9.17, 15) is 0 Å². The summed E-state index contributed by atoms with van der Waals surface area (Å²) in [6.45, 7) is 0.947. The fourth-order valence-corrected chi connectivity index (χ4v) is 1.67. The van der Waals surface area contributed by atoms with Gasteiger partial charge in [-0.25, -0.2) is 0 Å². The Morgan fingerprint density at radius 1 is 1.50 bits per heavy atom. The summed E-state index contributed by atoms with van der Waals surface area (Å²) in [5.74, 6) is 0.824. The van der Waals surface area contributed by atoms with Crippen molar-refractivity contribution in [3.8, 4) is 0 Å². The van der Waals surface area contributed by atoms with Crippen LogP contribution in [-0.2, 0) is 4.74 Å². The van der Waals surface area contributed by atoms with Crippen molar-refractivity contribution in [2.24, 2.45) is 11.7 Å². The average molecular weight is 113 g/mol. The van der Waals surface area contributed by atoms with Crippen LogP contribution in [0, 0.1) is 5.92 Å². The molecular weight excluding hydrogens is 102 g/mol. The molecule has 1 aliphatic carbocycles. The zero-order chi connectivity index (χ0) is 5.56. The maximum atomic E-state index is 5.64. The Morgan fingerprint density at radius 2 is 2.38 bits per heavy atom. The number of fused-ring (bicyclic) bond motifs is 1. The fraction of sp³-hybridized carbons (Fsp3) is 1.00. The van der Waals surface area contributed by atoms with E-state index < -0.39 is 0 Å². The monoisotopic (exact) mass is 113 g/mol. The Balaban J connectivity index is 2.02. The molecule has 0 spiro atoms. The van der Waals surface area contributed by atoms with Crippen molar-refractivity contribution >= 4 is 0 Å². The van der Waals surface area contributed by atoms with Crippen LogP contribution in [0.5, 0.6) is 0 Å². The number of hydrogen-bond donors (Lipinski definition) is 1. The van der Waals surface area contributed by atoms with Crippen molar-refractivity contribution in [2.45, 2.75) is 25.0 Å². The summed E-state index contributed by atoms with van der Waals surface area (Å²) in [4.78, 5) is 0. The summed E-state index contributed by atoms with van der Waals surface area (Å²) in [5, 5.41) is 0. The van der Waals surface area contributed by atoms with Crippen LogP contribution in [0.4, 0.5) is 0 Å². The lowest BCUT2D eigenvalue weighted by atomic mass is 9.78. The Morgan fingerprint density at radius 3 is 2.88 bits per heavy atom. The van der Waals surface area contributed by atoms with E-state index in [0.717, 1.165) is 12.5 Å². The van der Waals surface area contributed by atoms with Crippen molar-refractivity contribution in [3.05, 3.63) is 0 Å². The van der Waals surface area contributed by atoms with E-state index >= 15 is 0 Å². The first-order valence-corrected chi connectivity index (χ1v) is 3.25. The zero-order valence-electron chi connectivity index (χ0n) is 4.84. The number of rotatable bonds is 0. The summed E-state index contributed by atoms with van der Waals surface area (Å²) in [6, 6.07) is 0.363. The Labute approximate surface area is 49.0 Å². The molecule has 0 radical (unpaired) electrons. The highest BCUT2D eigenvalue weighted by atomic mass is 16.5. The van der Waals surface area contributed by atoms with Crippen LogP contribution < -0.4 is 5.73 Å². The Kier molecular flexibility index (Phi) is 0.866.